The largest absolute Gasteiger partial charge is 0.376 e. The zero-order valence-electron chi connectivity index (χ0n) is 9.65. The van der Waals surface area contributed by atoms with Crippen LogP contribution < -0.4 is 5.32 Å². The molecule has 2 unspecified atom stereocenters. The van der Waals surface area contributed by atoms with Gasteiger partial charge in [0.1, 0.15) is 11.5 Å². The van der Waals surface area contributed by atoms with Crippen LogP contribution in [0, 0.1) is 19.5 Å². The minimum Gasteiger partial charge on any atom is -0.376 e. The van der Waals surface area contributed by atoms with Crippen LogP contribution in [0.15, 0.2) is 12.1 Å². The molecule has 1 saturated heterocycles. The van der Waals surface area contributed by atoms with Crippen molar-refractivity contribution in [2.45, 2.75) is 25.5 Å². The summed E-state index contributed by atoms with van der Waals surface area (Å²) in [6.07, 6.45) is 0.721. The number of nitrogens with one attached hydrogen (secondary N) is 1. The lowest BCUT2D eigenvalue weighted by molar-refractivity contribution is -0.384. The van der Waals surface area contributed by atoms with Gasteiger partial charge in [0.05, 0.1) is 20.6 Å². The van der Waals surface area contributed by atoms with E-state index in [9.17, 15) is 14.5 Å². The zero-order valence-corrected chi connectivity index (χ0v) is 11.8. The molecule has 0 radical (unpaired) electrons. The predicted molar refractivity (Wildman–Crippen MR) is 73.2 cm³/mol. The molecule has 0 amide bonds. The second kappa shape index (κ2) is 5.35. The van der Waals surface area contributed by atoms with Gasteiger partial charge >= 0.3 is 0 Å². The van der Waals surface area contributed by atoms with Crippen molar-refractivity contribution in [2.75, 3.05) is 11.9 Å². The Morgan fingerprint density at radius 2 is 2.33 bits per heavy atom. The molecule has 1 fully saturated rings. The van der Waals surface area contributed by atoms with Crippen molar-refractivity contribution >= 4 is 34.0 Å². The third kappa shape index (κ3) is 2.72. The van der Waals surface area contributed by atoms with E-state index in [0.29, 0.717) is 6.61 Å². The lowest BCUT2D eigenvalue weighted by Crippen LogP contribution is -2.27. The molecule has 2 atom stereocenters. The van der Waals surface area contributed by atoms with Crippen LogP contribution in [0.1, 0.15) is 13.3 Å². The summed E-state index contributed by atoms with van der Waals surface area (Å²) < 4.78 is 19.1. The van der Waals surface area contributed by atoms with E-state index in [2.05, 4.69) is 5.32 Å². The summed E-state index contributed by atoms with van der Waals surface area (Å²) in [7, 11) is 0. The maximum atomic E-state index is 13.5. The molecule has 1 aliphatic rings. The Morgan fingerprint density at radius 1 is 1.61 bits per heavy atom. The molecule has 2 rings (SSSR count). The van der Waals surface area contributed by atoms with Crippen LogP contribution in [0.3, 0.4) is 0 Å². The van der Waals surface area contributed by atoms with Gasteiger partial charge in [-0.3, -0.25) is 10.1 Å². The van der Waals surface area contributed by atoms with Gasteiger partial charge in [0.25, 0.3) is 5.69 Å². The van der Waals surface area contributed by atoms with Gasteiger partial charge in [-0.2, -0.15) is 0 Å². The molecule has 0 saturated carbocycles. The fourth-order valence-electron chi connectivity index (χ4n) is 1.92. The number of nitro benzene ring substituents is 1. The van der Waals surface area contributed by atoms with E-state index < -0.39 is 10.7 Å². The molecule has 1 aromatic carbocycles. The van der Waals surface area contributed by atoms with E-state index in [1.54, 1.807) is 22.6 Å². The SMILES string of the molecule is CC1OCCC1Nc1cc(F)c(I)cc1[N+](=O)[O-]. The van der Waals surface area contributed by atoms with Crippen LogP contribution in [0.2, 0.25) is 0 Å². The van der Waals surface area contributed by atoms with Gasteiger partial charge in [0, 0.05) is 18.7 Å². The first-order valence-corrected chi connectivity index (χ1v) is 6.58. The number of halogens is 2. The van der Waals surface area contributed by atoms with E-state index in [1.807, 2.05) is 6.92 Å². The topological polar surface area (TPSA) is 64.4 Å². The first kappa shape index (κ1) is 13.5. The van der Waals surface area contributed by atoms with Crippen molar-refractivity contribution < 1.29 is 14.1 Å². The summed E-state index contributed by atoms with van der Waals surface area (Å²) in [5, 5.41) is 13.9. The summed E-state index contributed by atoms with van der Waals surface area (Å²) in [6, 6.07) is 2.38. The lowest BCUT2D eigenvalue weighted by Gasteiger charge is -2.17. The fourth-order valence-corrected chi connectivity index (χ4v) is 2.37. The maximum Gasteiger partial charge on any atom is 0.293 e. The van der Waals surface area contributed by atoms with Crippen molar-refractivity contribution in [2.24, 2.45) is 0 Å². The standard InChI is InChI=1S/C11H12FIN2O3/c1-6-9(2-3-18-6)14-10-4-7(12)8(13)5-11(10)15(16)17/h4-6,9,14H,2-3H2,1H3. The Hall–Kier alpha value is -0.960. The Morgan fingerprint density at radius 3 is 2.89 bits per heavy atom. The summed E-state index contributed by atoms with van der Waals surface area (Å²) in [5.74, 6) is -0.463. The van der Waals surface area contributed by atoms with Crippen LogP contribution in [-0.2, 0) is 4.74 Å². The molecule has 1 aliphatic heterocycles. The van der Waals surface area contributed by atoms with Crippen LogP contribution in [0.5, 0.6) is 0 Å². The molecule has 5 nitrogen and oxygen atoms in total. The third-order valence-corrected chi connectivity index (χ3v) is 3.78. The summed E-state index contributed by atoms with van der Waals surface area (Å²) in [5.41, 5.74) is 0.0974. The van der Waals surface area contributed by atoms with Crippen molar-refractivity contribution in [3.05, 3.63) is 31.6 Å². The highest BCUT2D eigenvalue weighted by atomic mass is 127. The second-order valence-corrected chi connectivity index (χ2v) is 5.32. The summed E-state index contributed by atoms with van der Waals surface area (Å²) in [4.78, 5) is 10.4. The number of anilines is 1. The number of nitro groups is 1. The molecular formula is C11H12FIN2O3. The van der Waals surface area contributed by atoms with Gasteiger partial charge in [-0.15, -0.1) is 0 Å². The molecule has 0 aromatic heterocycles. The third-order valence-electron chi connectivity index (χ3n) is 2.95. The van der Waals surface area contributed by atoms with Crippen LogP contribution in [0.25, 0.3) is 0 Å². The van der Waals surface area contributed by atoms with E-state index in [4.69, 9.17) is 4.74 Å². The average Bonchev–Trinajstić information content (AvgIpc) is 2.69. The molecule has 1 N–H and O–H groups in total. The molecular weight excluding hydrogens is 354 g/mol. The normalized spacial score (nSPS) is 23.1. The van der Waals surface area contributed by atoms with E-state index in [-0.39, 0.29) is 27.1 Å². The first-order chi connectivity index (χ1) is 8.49. The number of ether oxygens (including phenoxy) is 1. The number of benzene rings is 1. The van der Waals surface area contributed by atoms with Crippen LogP contribution in [0.4, 0.5) is 15.8 Å². The van der Waals surface area contributed by atoms with Crippen molar-refractivity contribution in [1.82, 2.24) is 0 Å². The number of rotatable bonds is 3. The van der Waals surface area contributed by atoms with E-state index in [1.165, 1.54) is 12.1 Å². The summed E-state index contributed by atoms with van der Waals surface area (Å²) in [6.45, 7) is 2.50. The van der Waals surface area contributed by atoms with Crippen molar-refractivity contribution in [3.8, 4) is 0 Å². The molecule has 0 aliphatic carbocycles. The van der Waals surface area contributed by atoms with Crippen LogP contribution >= 0.6 is 22.6 Å². The molecule has 1 aromatic rings. The van der Waals surface area contributed by atoms with E-state index >= 15 is 0 Å². The van der Waals surface area contributed by atoms with Crippen molar-refractivity contribution in [3.63, 3.8) is 0 Å². The predicted octanol–water partition coefficient (Wildman–Crippen LogP) is 2.93. The Kier molecular flexibility index (Phi) is 4.00. The number of hydrogen-bond donors (Lipinski definition) is 1. The van der Waals surface area contributed by atoms with Gasteiger partial charge in [0.15, 0.2) is 0 Å². The van der Waals surface area contributed by atoms with Gasteiger partial charge in [-0.1, -0.05) is 0 Å². The minimum atomic E-state index is -0.510. The Labute approximate surface area is 117 Å². The highest BCUT2D eigenvalue weighted by Gasteiger charge is 2.27. The molecule has 18 heavy (non-hydrogen) atoms. The van der Waals surface area contributed by atoms with Gasteiger partial charge < -0.3 is 10.1 Å². The minimum absolute atomic E-state index is 0.0249. The molecule has 98 valence electrons. The number of nitrogens with zero attached hydrogens (tertiary/aromatic N) is 1. The quantitative estimate of drug-likeness (QED) is 0.508. The van der Waals surface area contributed by atoms with Crippen LogP contribution in [-0.4, -0.2) is 23.7 Å². The van der Waals surface area contributed by atoms with Crippen molar-refractivity contribution in [1.29, 1.82) is 0 Å². The average molecular weight is 366 g/mol. The van der Waals surface area contributed by atoms with Gasteiger partial charge in [-0.25, -0.2) is 4.39 Å². The molecule has 1 heterocycles. The molecule has 7 heteroatoms. The first-order valence-electron chi connectivity index (χ1n) is 5.50. The second-order valence-electron chi connectivity index (χ2n) is 4.16. The van der Waals surface area contributed by atoms with Gasteiger partial charge in [0.2, 0.25) is 0 Å². The fraction of sp³-hybridized carbons (Fsp3) is 0.455. The van der Waals surface area contributed by atoms with E-state index in [0.717, 1.165) is 6.42 Å². The smallest absolute Gasteiger partial charge is 0.293 e. The lowest BCUT2D eigenvalue weighted by atomic mass is 10.1. The van der Waals surface area contributed by atoms with Gasteiger partial charge in [-0.05, 0) is 35.9 Å². The molecule has 0 spiro atoms. The maximum absolute atomic E-state index is 13.5. The zero-order chi connectivity index (χ0) is 13.3. The Bertz CT molecular complexity index is 484. The highest BCUT2D eigenvalue weighted by molar-refractivity contribution is 14.1. The Balaban J connectivity index is 2.30. The molecule has 0 bridgehead atoms. The monoisotopic (exact) mass is 366 g/mol. The summed E-state index contributed by atoms with van der Waals surface area (Å²) >= 11 is 1.74. The number of hydrogen-bond acceptors (Lipinski definition) is 4. The highest BCUT2D eigenvalue weighted by Crippen LogP contribution is 2.30.